The Kier molecular flexibility index (Phi) is 2.00. The molecule has 67 valence electrons. The SMILES string of the molecule is C[N+]1(C)[B-][N+](C)(C)[B-](C(=O)O)C1. The Labute approximate surface area is 74.3 Å². The van der Waals surface area contributed by atoms with Crippen molar-refractivity contribution in [3.63, 3.8) is 0 Å². The summed E-state index contributed by atoms with van der Waals surface area (Å²) >= 11 is 0. The number of nitrogens with zero attached hydrogens (tertiary/aromatic N) is 2. The fourth-order valence-corrected chi connectivity index (χ4v) is 1.95. The Morgan fingerprint density at radius 2 is 1.92 bits per heavy atom. The fourth-order valence-electron chi connectivity index (χ4n) is 1.95. The van der Waals surface area contributed by atoms with Crippen molar-refractivity contribution in [2.75, 3.05) is 34.6 Å². The molecule has 0 aromatic heterocycles. The summed E-state index contributed by atoms with van der Waals surface area (Å²) in [7, 11) is 9.92. The highest BCUT2D eigenvalue weighted by atomic mass is 16.4. The van der Waals surface area contributed by atoms with Gasteiger partial charge in [-0.1, -0.05) is 0 Å². The standard InChI is InChI=1S/C6H14B2N2O2/c1-9(2)5-8(6(11)12)10(3,4)7-9/h5H2,1-4H3/q-1/p+1. The molecule has 1 saturated heterocycles. The molecule has 1 aliphatic rings. The second-order valence-corrected chi connectivity index (χ2v) is 4.56. The van der Waals surface area contributed by atoms with E-state index in [0.717, 1.165) is 0 Å². The van der Waals surface area contributed by atoms with Crippen LogP contribution in [0, 0.1) is 0 Å². The van der Waals surface area contributed by atoms with Crippen molar-refractivity contribution in [2.24, 2.45) is 0 Å². The lowest BCUT2D eigenvalue weighted by Crippen LogP contribution is -2.55. The number of carbonyl (C=O) groups is 1. The van der Waals surface area contributed by atoms with E-state index in [-0.39, 0.29) is 6.85 Å². The van der Waals surface area contributed by atoms with E-state index < -0.39 is 5.87 Å². The molecule has 0 atom stereocenters. The monoisotopic (exact) mass is 169 g/mol. The lowest BCUT2D eigenvalue weighted by molar-refractivity contribution is -0.807. The van der Waals surface area contributed by atoms with Crippen molar-refractivity contribution < 1.29 is 18.6 Å². The van der Waals surface area contributed by atoms with E-state index in [1.807, 2.05) is 35.7 Å². The summed E-state index contributed by atoms with van der Waals surface area (Å²) in [5.74, 6) is -0.708. The Hall–Kier alpha value is -0.480. The van der Waals surface area contributed by atoms with E-state index in [1.165, 1.54) is 0 Å². The minimum atomic E-state index is -0.708. The molecule has 12 heavy (non-hydrogen) atoms. The number of carboxylic acid groups (broad SMARTS) is 1. The molecule has 6 heteroatoms. The van der Waals surface area contributed by atoms with Crippen molar-refractivity contribution in [1.82, 2.24) is 0 Å². The van der Waals surface area contributed by atoms with Crippen LogP contribution in [0.15, 0.2) is 0 Å². The molecule has 0 spiro atoms. The molecule has 1 aliphatic heterocycles. The zero-order chi connectivity index (χ0) is 9.57. The molecule has 1 fully saturated rings. The van der Waals surface area contributed by atoms with Crippen molar-refractivity contribution in [3.05, 3.63) is 0 Å². The molecule has 0 saturated carbocycles. The van der Waals surface area contributed by atoms with E-state index in [2.05, 4.69) is 0 Å². The average Bonchev–Trinajstić information content (AvgIpc) is 1.99. The Balaban J connectivity index is 2.85. The zero-order valence-corrected chi connectivity index (χ0v) is 8.11. The first-order valence-corrected chi connectivity index (χ1v) is 4.00. The molecule has 0 bridgehead atoms. The van der Waals surface area contributed by atoms with Gasteiger partial charge in [0.1, 0.15) is 0 Å². The highest BCUT2D eigenvalue weighted by Gasteiger charge is 2.36. The summed E-state index contributed by atoms with van der Waals surface area (Å²) in [6, 6.07) is 0. The van der Waals surface area contributed by atoms with Gasteiger partial charge in [-0.3, -0.25) is 4.79 Å². The highest BCUT2D eigenvalue weighted by Crippen LogP contribution is 2.17. The first-order valence-electron chi connectivity index (χ1n) is 4.00. The minimum absolute atomic E-state index is 0.306. The summed E-state index contributed by atoms with van der Waals surface area (Å²) in [6.45, 7) is -0.306. The molecule has 0 amide bonds. The van der Waals surface area contributed by atoms with Gasteiger partial charge < -0.3 is 13.8 Å². The Bertz CT molecular complexity index is 218. The van der Waals surface area contributed by atoms with Gasteiger partial charge in [0.2, 0.25) is 0 Å². The lowest BCUT2D eigenvalue weighted by atomic mass is 9.58. The normalized spacial score (nSPS) is 27.3. The van der Waals surface area contributed by atoms with Gasteiger partial charge in [-0.2, -0.15) is 0 Å². The predicted molar refractivity (Wildman–Crippen MR) is 48.6 cm³/mol. The third-order valence-corrected chi connectivity index (χ3v) is 2.34. The molecule has 4 nitrogen and oxygen atoms in total. The molecule has 0 aromatic carbocycles. The van der Waals surface area contributed by atoms with Gasteiger partial charge in [-0.15, -0.1) is 0 Å². The van der Waals surface area contributed by atoms with Gasteiger partial charge >= 0.3 is 0 Å². The third kappa shape index (κ3) is 1.64. The van der Waals surface area contributed by atoms with Crippen molar-refractivity contribution in [2.45, 2.75) is 0 Å². The second-order valence-electron chi connectivity index (χ2n) is 4.56. The second kappa shape index (κ2) is 2.50. The largest absolute Gasteiger partial charge is 0.723 e. The van der Waals surface area contributed by atoms with Crippen molar-refractivity contribution in [1.29, 1.82) is 0 Å². The number of hydrogen-bond donors (Lipinski definition) is 1. The molecule has 0 unspecified atom stereocenters. The van der Waals surface area contributed by atoms with E-state index in [4.69, 9.17) is 5.11 Å². The molecule has 3 radical (unpaired) electrons. The zero-order valence-electron chi connectivity index (χ0n) is 8.11. The van der Waals surface area contributed by atoms with Gasteiger partial charge in [0.05, 0.1) is 0 Å². The summed E-state index contributed by atoms with van der Waals surface area (Å²) in [6.07, 6.45) is 0.669. The summed E-state index contributed by atoms with van der Waals surface area (Å²) < 4.78 is 1.13. The molecule has 1 N–H and O–H groups in total. The predicted octanol–water partition coefficient (Wildman–Crippen LogP) is -0.523. The van der Waals surface area contributed by atoms with Crippen LogP contribution in [0.5, 0.6) is 0 Å². The summed E-state index contributed by atoms with van der Waals surface area (Å²) in [5, 5.41) is 8.94. The molecule has 0 aromatic rings. The van der Waals surface area contributed by atoms with Crippen LogP contribution in [-0.4, -0.2) is 68.7 Å². The smallest absolute Gasteiger partial charge is 0.289 e. The molecular weight excluding hydrogens is 154 g/mol. The first kappa shape index (κ1) is 9.61. The van der Waals surface area contributed by atoms with Gasteiger partial charge in [0.25, 0.3) is 14.4 Å². The Morgan fingerprint density at radius 1 is 1.42 bits per heavy atom. The minimum Gasteiger partial charge on any atom is -0.723 e. The molecule has 0 aliphatic carbocycles. The van der Waals surface area contributed by atoms with Crippen LogP contribution in [0.2, 0.25) is 0 Å². The van der Waals surface area contributed by atoms with Crippen LogP contribution >= 0.6 is 0 Å². The highest BCUT2D eigenvalue weighted by molar-refractivity contribution is 6.85. The third-order valence-electron chi connectivity index (χ3n) is 2.34. The first-order chi connectivity index (χ1) is 5.25. The maximum absolute atomic E-state index is 10.9. The van der Waals surface area contributed by atoms with Crippen LogP contribution in [0.4, 0.5) is 4.79 Å². The quantitative estimate of drug-likeness (QED) is 0.536. The van der Waals surface area contributed by atoms with E-state index >= 15 is 0 Å². The van der Waals surface area contributed by atoms with Crippen LogP contribution in [0.3, 0.4) is 0 Å². The maximum atomic E-state index is 10.9. The van der Waals surface area contributed by atoms with Gasteiger partial charge in [0, 0.05) is 14.1 Å². The van der Waals surface area contributed by atoms with E-state index in [0.29, 0.717) is 15.1 Å². The van der Waals surface area contributed by atoms with Crippen molar-refractivity contribution in [3.8, 4) is 0 Å². The van der Waals surface area contributed by atoms with Gasteiger partial charge in [-0.25, -0.2) is 0 Å². The van der Waals surface area contributed by atoms with Crippen LogP contribution in [-0.2, 0) is 0 Å². The fraction of sp³-hybridized carbons (Fsp3) is 0.833. The number of hydrogen-bond acceptors (Lipinski definition) is 1. The maximum Gasteiger partial charge on any atom is 0.289 e. The van der Waals surface area contributed by atoms with Crippen LogP contribution in [0.25, 0.3) is 0 Å². The molecule has 1 heterocycles. The van der Waals surface area contributed by atoms with E-state index in [9.17, 15) is 4.79 Å². The van der Waals surface area contributed by atoms with E-state index in [1.54, 1.807) is 0 Å². The lowest BCUT2D eigenvalue weighted by Gasteiger charge is -2.49. The van der Waals surface area contributed by atoms with Crippen LogP contribution in [0.1, 0.15) is 0 Å². The number of rotatable bonds is 1. The average molecular weight is 169 g/mol. The summed E-state index contributed by atoms with van der Waals surface area (Å²) in [5.41, 5.74) is 0. The van der Waals surface area contributed by atoms with Gasteiger partial charge in [0.15, 0.2) is 5.87 Å². The topological polar surface area (TPSA) is 37.3 Å². The van der Waals surface area contributed by atoms with Gasteiger partial charge in [-0.05, 0) is 20.5 Å². The molecular formula is C6H15B2N2O2. The summed E-state index contributed by atoms with van der Waals surface area (Å²) in [4.78, 5) is 10.9. The Morgan fingerprint density at radius 3 is 2.08 bits per heavy atom. The van der Waals surface area contributed by atoms with Crippen molar-refractivity contribution >= 4 is 20.3 Å². The molecule has 1 rings (SSSR count). The van der Waals surface area contributed by atoms with Crippen LogP contribution < -0.4 is 0 Å². The number of quaternary nitrogens is 2.